The van der Waals surface area contributed by atoms with Gasteiger partial charge in [0.1, 0.15) is 6.04 Å². The molecule has 0 saturated heterocycles. The summed E-state index contributed by atoms with van der Waals surface area (Å²) in [7, 11) is 1.62. The second-order valence-electron chi connectivity index (χ2n) is 8.61. The molecular weight excluding hydrogens is 474 g/mol. The van der Waals surface area contributed by atoms with E-state index >= 15 is 0 Å². The molecule has 9 heteroatoms. The van der Waals surface area contributed by atoms with Gasteiger partial charge in [-0.1, -0.05) is 49.9 Å². The normalized spacial score (nSPS) is 14.8. The molecule has 36 heavy (non-hydrogen) atoms. The lowest BCUT2D eigenvalue weighted by Crippen LogP contribution is -2.31. The van der Waals surface area contributed by atoms with Gasteiger partial charge in [0.05, 0.1) is 19.3 Å². The van der Waals surface area contributed by atoms with Gasteiger partial charge in [0.25, 0.3) is 5.91 Å². The van der Waals surface area contributed by atoms with Crippen LogP contribution >= 0.6 is 11.8 Å². The van der Waals surface area contributed by atoms with Gasteiger partial charge < -0.3 is 20.1 Å². The Morgan fingerprint density at radius 3 is 2.67 bits per heavy atom. The fourth-order valence-corrected chi connectivity index (χ4v) is 4.76. The fourth-order valence-electron chi connectivity index (χ4n) is 4.08. The lowest BCUT2D eigenvalue weighted by atomic mass is 9.94. The lowest BCUT2D eigenvalue weighted by molar-refractivity contribution is -0.113. The number of amides is 1. The number of benzene rings is 2. The van der Waals surface area contributed by atoms with E-state index in [2.05, 4.69) is 29.5 Å². The number of fused-ring (bicyclic) bond motifs is 1. The van der Waals surface area contributed by atoms with Crippen LogP contribution in [0.1, 0.15) is 50.8 Å². The highest BCUT2D eigenvalue weighted by Gasteiger charge is 2.35. The minimum Gasteiger partial charge on any atom is -0.493 e. The number of carbonyl (C=O) groups is 1. The minimum atomic E-state index is -0.497. The Labute approximate surface area is 216 Å². The van der Waals surface area contributed by atoms with Crippen molar-refractivity contribution >= 4 is 29.3 Å². The van der Waals surface area contributed by atoms with Crippen LogP contribution < -0.4 is 20.1 Å². The SMILES string of the molecule is CCCOc1ccc(C2C(C(=O)Nc3ccccc3C)=C(C)Nc3nc(SCCC)nn32)cc1OC. The molecule has 0 radical (unpaired) electrons. The first-order valence-corrected chi connectivity index (χ1v) is 13.2. The van der Waals surface area contributed by atoms with Gasteiger partial charge in [-0.2, -0.15) is 4.98 Å². The predicted molar refractivity (Wildman–Crippen MR) is 144 cm³/mol. The highest BCUT2D eigenvalue weighted by molar-refractivity contribution is 7.99. The highest BCUT2D eigenvalue weighted by atomic mass is 32.2. The van der Waals surface area contributed by atoms with Gasteiger partial charge in [0.15, 0.2) is 11.5 Å². The molecule has 1 unspecified atom stereocenters. The molecule has 1 aliphatic rings. The molecule has 0 aliphatic carbocycles. The molecule has 8 nitrogen and oxygen atoms in total. The van der Waals surface area contributed by atoms with Gasteiger partial charge >= 0.3 is 0 Å². The van der Waals surface area contributed by atoms with Crippen molar-refractivity contribution in [3.8, 4) is 11.5 Å². The Hall–Kier alpha value is -3.46. The number of anilines is 2. The van der Waals surface area contributed by atoms with Gasteiger partial charge in [-0.15, -0.1) is 5.10 Å². The topological polar surface area (TPSA) is 90.3 Å². The summed E-state index contributed by atoms with van der Waals surface area (Å²) in [6.07, 6.45) is 1.91. The van der Waals surface area contributed by atoms with E-state index in [-0.39, 0.29) is 5.91 Å². The summed E-state index contributed by atoms with van der Waals surface area (Å²) in [6.45, 7) is 8.64. The van der Waals surface area contributed by atoms with Gasteiger partial charge in [-0.3, -0.25) is 4.79 Å². The van der Waals surface area contributed by atoms with Crippen LogP contribution in [0.3, 0.4) is 0 Å². The molecule has 0 spiro atoms. The van der Waals surface area contributed by atoms with Crippen LogP contribution in [0.2, 0.25) is 0 Å². The average Bonchev–Trinajstić information content (AvgIpc) is 3.28. The van der Waals surface area contributed by atoms with E-state index in [1.807, 2.05) is 56.3 Å². The van der Waals surface area contributed by atoms with E-state index in [1.165, 1.54) is 0 Å². The van der Waals surface area contributed by atoms with Crippen molar-refractivity contribution < 1.29 is 14.3 Å². The van der Waals surface area contributed by atoms with Crippen molar-refractivity contribution in [2.24, 2.45) is 0 Å². The number of methoxy groups -OCH3 is 1. The smallest absolute Gasteiger partial charge is 0.255 e. The van der Waals surface area contributed by atoms with Gasteiger partial charge in [-0.05, 0) is 56.0 Å². The van der Waals surface area contributed by atoms with Gasteiger partial charge in [0.2, 0.25) is 11.1 Å². The van der Waals surface area contributed by atoms with Crippen LogP contribution in [-0.4, -0.2) is 40.1 Å². The maximum Gasteiger partial charge on any atom is 0.255 e. The minimum absolute atomic E-state index is 0.200. The van der Waals surface area contributed by atoms with E-state index in [1.54, 1.807) is 23.6 Å². The Morgan fingerprint density at radius 2 is 1.94 bits per heavy atom. The van der Waals surface area contributed by atoms with Crippen LogP contribution in [0.15, 0.2) is 58.9 Å². The number of aryl methyl sites for hydroxylation is 1. The Bertz CT molecular complexity index is 1270. The maximum absolute atomic E-state index is 13.7. The highest BCUT2D eigenvalue weighted by Crippen LogP contribution is 2.40. The molecule has 2 heterocycles. The number of para-hydroxylation sites is 1. The van der Waals surface area contributed by atoms with Crippen LogP contribution in [0.4, 0.5) is 11.6 Å². The van der Waals surface area contributed by atoms with Crippen molar-refractivity contribution in [1.82, 2.24) is 14.8 Å². The molecule has 2 aromatic carbocycles. The van der Waals surface area contributed by atoms with Crippen LogP contribution in [0.25, 0.3) is 0 Å². The zero-order chi connectivity index (χ0) is 25.7. The average molecular weight is 508 g/mol. The molecule has 0 bridgehead atoms. The molecule has 1 aromatic heterocycles. The van der Waals surface area contributed by atoms with E-state index in [9.17, 15) is 4.79 Å². The standard InChI is InChI=1S/C27H33N5O3S/c1-6-14-35-21-13-12-19(16-22(21)34-5)24-23(25(33)29-20-11-9-8-10-17(20)3)18(4)28-26-30-27(31-32(24)26)36-15-7-2/h8-13,16,24H,6-7,14-15H2,1-5H3,(H,29,33)(H,28,30,31). The summed E-state index contributed by atoms with van der Waals surface area (Å²) in [5.74, 6) is 2.60. The quantitative estimate of drug-likeness (QED) is 0.335. The van der Waals surface area contributed by atoms with Crippen molar-refractivity contribution in [3.05, 3.63) is 64.9 Å². The molecular formula is C27H33N5O3S. The zero-order valence-corrected chi connectivity index (χ0v) is 22.2. The lowest BCUT2D eigenvalue weighted by Gasteiger charge is -2.29. The molecule has 0 saturated carbocycles. The summed E-state index contributed by atoms with van der Waals surface area (Å²) >= 11 is 1.60. The van der Waals surface area contributed by atoms with Crippen molar-refractivity contribution in [3.63, 3.8) is 0 Å². The zero-order valence-electron chi connectivity index (χ0n) is 21.4. The number of carbonyl (C=O) groups excluding carboxylic acids is 1. The summed E-state index contributed by atoms with van der Waals surface area (Å²) in [5.41, 5.74) is 3.90. The number of nitrogens with zero attached hydrogens (tertiary/aromatic N) is 3. The van der Waals surface area contributed by atoms with Crippen molar-refractivity contribution in [2.45, 2.75) is 51.7 Å². The number of ether oxygens (including phenoxy) is 2. The second-order valence-corrected chi connectivity index (χ2v) is 9.67. The van der Waals surface area contributed by atoms with Gasteiger partial charge in [0, 0.05) is 17.1 Å². The number of hydrogen-bond donors (Lipinski definition) is 2. The van der Waals surface area contributed by atoms with E-state index < -0.39 is 6.04 Å². The number of aromatic nitrogens is 3. The third-order valence-corrected chi connectivity index (χ3v) is 6.91. The van der Waals surface area contributed by atoms with Crippen LogP contribution in [0, 0.1) is 6.92 Å². The monoisotopic (exact) mass is 507 g/mol. The van der Waals surface area contributed by atoms with E-state index in [4.69, 9.17) is 14.6 Å². The molecule has 0 fully saturated rings. The summed E-state index contributed by atoms with van der Waals surface area (Å²) in [5, 5.41) is 11.8. The fraction of sp³-hybridized carbons (Fsp3) is 0.370. The second kappa shape index (κ2) is 11.5. The number of thioether (sulfide) groups is 1. The summed E-state index contributed by atoms with van der Waals surface area (Å²) in [6, 6.07) is 13.0. The largest absolute Gasteiger partial charge is 0.493 e. The molecule has 4 rings (SSSR count). The first-order chi connectivity index (χ1) is 17.5. The first-order valence-electron chi connectivity index (χ1n) is 12.2. The Kier molecular flexibility index (Phi) is 8.20. The number of rotatable bonds is 10. The van der Waals surface area contributed by atoms with Crippen molar-refractivity contribution in [2.75, 3.05) is 30.1 Å². The van der Waals surface area contributed by atoms with E-state index in [0.717, 1.165) is 41.1 Å². The first kappa shape index (κ1) is 25.6. The van der Waals surface area contributed by atoms with Crippen molar-refractivity contribution in [1.29, 1.82) is 0 Å². The van der Waals surface area contributed by atoms with Crippen LogP contribution in [-0.2, 0) is 4.79 Å². The summed E-state index contributed by atoms with van der Waals surface area (Å²) < 4.78 is 13.3. The molecule has 1 aliphatic heterocycles. The Morgan fingerprint density at radius 1 is 1.14 bits per heavy atom. The maximum atomic E-state index is 13.7. The van der Waals surface area contributed by atoms with E-state index in [0.29, 0.717) is 34.8 Å². The van der Waals surface area contributed by atoms with Gasteiger partial charge in [-0.25, -0.2) is 4.68 Å². The number of allylic oxidation sites excluding steroid dienone is 1. The third-order valence-electron chi connectivity index (χ3n) is 5.87. The third kappa shape index (κ3) is 5.36. The number of nitrogens with one attached hydrogen (secondary N) is 2. The van der Waals surface area contributed by atoms with Crippen LogP contribution in [0.5, 0.6) is 11.5 Å². The number of hydrogen-bond acceptors (Lipinski definition) is 7. The molecule has 190 valence electrons. The summed E-state index contributed by atoms with van der Waals surface area (Å²) in [4.78, 5) is 18.4. The molecule has 3 aromatic rings. The Balaban J connectivity index is 1.78. The molecule has 1 atom stereocenters. The molecule has 2 N–H and O–H groups in total. The molecule has 1 amide bonds. The predicted octanol–water partition coefficient (Wildman–Crippen LogP) is 5.81.